The predicted molar refractivity (Wildman–Crippen MR) is 65.4 cm³/mol. The number of esters is 1. The van der Waals surface area contributed by atoms with Gasteiger partial charge in [0.25, 0.3) is 0 Å². The molecule has 0 unspecified atom stereocenters. The van der Waals surface area contributed by atoms with Crippen LogP contribution in [0.5, 0.6) is 0 Å². The number of carbonyl (C=O) groups excluding carboxylic acids is 1. The second-order valence-electron chi connectivity index (χ2n) is 3.26. The first-order valence-corrected chi connectivity index (χ1v) is 5.46. The third-order valence-corrected chi connectivity index (χ3v) is 2.73. The maximum Gasteiger partial charge on any atom is 0.356 e. The van der Waals surface area contributed by atoms with E-state index >= 15 is 0 Å². The summed E-state index contributed by atoms with van der Waals surface area (Å²) in [4.78, 5) is 18.1. The maximum absolute atomic E-state index is 11.3. The van der Waals surface area contributed by atoms with Crippen LogP contribution in [0, 0.1) is 0 Å². The molecule has 0 aliphatic heterocycles. The zero-order chi connectivity index (χ0) is 12.4. The van der Waals surface area contributed by atoms with Crippen LogP contribution in [0.4, 0.5) is 0 Å². The summed E-state index contributed by atoms with van der Waals surface area (Å²) in [5.41, 5.74) is 0.896. The van der Waals surface area contributed by atoms with Crippen LogP contribution in [0.1, 0.15) is 10.5 Å². The number of halogens is 2. The van der Waals surface area contributed by atoms with E-state index in [1.54, 1.807) is 18.2 Å². The Labute approximate surface area is 108 Å². The molecule has 0 radical (unpaired) electrons. The fourth-order valence-electron chi connectivity index (χ4n) is 1.35. The second-order valence-corrected chi connectivity index (χ2v) is 4.10. The molecule has 0 saturated carbocycles. The molecule has 0 amide bonds. The van der Waals surface area contributed by atoms with E-state index in [9.17, 15) is 4.79 Å². The van der Waals surface area contributed by atoms with Crippen molar-refractivity contribution in [2.75, 3.05) is 7.11 Å². The second kappa shape index (κ2) is 4.77. The summed E-state index contributed by atoms with van der Waals surface area (Å²) >= 11 is 11.9. The average molecular weight is 271 g/mol. The largest absolute Gasteiger partial charge is 0.464 e. The lowest BCUT2D eigenvalue weighted by Crippen LogP contribution is -2.00. The number of hydrogen-bond acceptors (Lipinski definition) is 3. The highest BCUT2D eigenvalue weighted by atomic mass is 35.5. The van der Waals surface area contributed by atoms with E-state index in [1.807, 2.05) is 0 Å². The van der Waals surface area contributed by atoms with Gasteiger partial charge in [-0.2, -0.15) is 0 Å². The molecule has 0 atom stereocenters. The minimum absolute atomic E-state index is 0.263. The number of ether oxygens (including phenoxy) is 1. The topological polar surface area (TPSA) is 55.0 Å². The van der Waals surface area contributed by atoms with Crippen molar-refractivity contribution in [2.45, 2.75) is 0 Å². The standard InChI is InChI=1S/C11H8Cl2N2O2/c1-17-11(16)9-5-14-10(15-9)7-4-6(12)2-3-8(7)13/h2-5H,1H3,(H,14,15). The number of H-pyrrole nitrogens is 1. The Balaban J connectivity index is 2.43. The van der Waals surface area contributed by atoms with Gasteiger partial charge in [-0.1, -0.05) is 23.2 Å². The smallest absolute Gasteiger partial charge is 0.356 e. The molecule has 4 nitrogen and oxygen atoms in total. The highest BCUT2D eigenvalue weighted by Crippen LogP contribution is 2.28. The van der Waals surface area contributed by atoms with Crippen LogP contribution >= 0.6 is 23.2 Å². The first-order chi connectivity index (χ1) is 8.11. The Kier molecular flexibility index (Phi) is 3.36. The lowest BCUT2D eigenvalue weighted by Gasteiger charge is -2.01. The van der Waals surface area contributed by atoms with Gasteiger partial charge < -0.3 is 9.72 Å². The molecular weight excluding hydrogens is 263 g/mol. The van der Waals surface area contributed by atoms with Crippen molar-refractivity contribution in [3.63, 3.8) is 0 Å². The van der Waals surface area contributed by atoms with Crippen molar-refractivity contribution in [2.24, 2.45) is 0 Å². The van der Waals surface area contributed by atoms with Crippen LogP contribution in [0.2, 0.25) is 10.0 Å². The molecule has 0 aliphatic carbocycles. The highest BCUT2D eigenvalue weighted by Gasteiger charge is 2.12. The first kappa shape index (κ1) is 12.0. The van der Waals surface area contributed by atoms with E-state index in [1.165, 1.54) is 13.3 Å². The molecule has 1 heterocycles. The van der Waals surface area contributed by atoms with Crippen LogP contribution in [0.25, 0.3) is 11.4 Å². The van der Waals surface area contributed by atoms with E-state index < -0.39 is 5.97 Å². The van der Waals surface area contributed by atoms with Gasteiger partial charge in [0.15, 0.2) is 0 Å². The molecule has 0 saturated heterocycles. The number of carbonyl (C=O) groups is 1. The fourth-order valence-corrected chi connectivity index (χ4v) is 1.73. The van der Waals surface area contributed by atoms with Crippen molar-refractivity contribution in [1.29, 1.82) is 0 Å². The number of rotatable bonds is 2. The molecule has 2 aromatic rings. The zero-order valence-corrected chi connectivity index (χ0v) is 10.3. The molecule has 0 spiro atoms. The lowest BCUT2D eigenvalue weighted by atomic mass is 10.2. The van der Waals surface area contributed by atoms with Crippen molar-refractivity contribution < 1.29 is 9.53 Å². The highest BCUT2D eigenvalue weighted by molar-refractivity contribution is 6.35. The molecule has 17 heavy (non-hydrogen) atoms. The van der Waals surface area contributed by atoms with Gasteiger partial charge in [-0.25, -0.2) is 9.78 Å². The number of methoxy groups -OCH3 is 1. The summed E-state index contributed by atoms with van der Waals surface area (Å²) in [7, 11) is 1.30. The van der Waals surface area contributed by atoms with Crippen LogP contribution in [0.3, 0.4) is 0 Å². The van der Waals surface area contributed by atoms with Gasteiger partial charge in [0, 0.05) is 10.6 Å². The molecule has 1 aromatic carbocycles. The summed E-state index contributed by atoms with van der Waals surface area (Å²) in [6, 6.07) is 5.01. The SMILES string of the molecule is COC(=O)c1cnc(-c2cc(Cl)ccc2Cl)[nH]1. The minimum atomic E-state index is -0.484. The van der Waals surface area contributed by atoms with Gasteiger partial charge in [-0.05, 0) is 18.2 Å². The molecule has 0 bridgehead atoms. The lowest BCUT2D eigenvalue weighted by molar-refractivity contribution is 0.0595. The number of hydrogen-bond donors (Lipinski definition) is 1. The summed E-state index contributed by atoms with van der Waals surface area (Å²) < 4.78 is 4.57. The predicted octanol–water partition coefficient (Wildman–Crippen LogP) is 3.17. The molecule has 0 aliphatic rings. The molecular formula is C11H8Cl2N2O2. The molecule has 1 aromatic heterocycles. The third-order valence-electron chi connectivity index (χ3n) is 2.16. The summed E-state index contributed by atoms with van der Waals surface area (Å²) in [6.07, 6.45) is 1.39. The minimum Gasteiger partial charge on any atom is -0.464 e. The van der Waals surface area contributed by atoms with Gasteiger partial charge in [-0.3, -0.25) is 0 Å². The summed E-state index contributed by atoms with van der Waals surface area (Å²) in [5.74, 6) is -0.0141. The molecule has 88 valence electrons. The zero-order valence-electron chi connectivity index (χ0n) is 8.83. The first-order valence-electron chi connectivity index (χ1n) is 4.70. The number of aromatic amines is 1. The van der Waals surface area contributed by atoms with Gasteiger partial charge in [-0.15, -0.1) is 0 Å². The van der Waals surface area contributed by atoms with Crippen LogP contribution in [0.15, 0.2) is 24.4 Å². The molecule has 2 rings (SSSR count). The van der Waals surface area contributed by atoms with Crippen LogP contribution in [-0.4, -0.2) is 23.0 Å². The van der Waals surface area contributed by atoms with E-state index in [0.717, 1.165) is 0 Å². The van der Waals surface area contributed by atoms with Gasteiger partial charge in [0.05, 0.1) is 18.3 Å². The quantitative estimate of drug-likeness (QED) is 0.853. The van der Waals surface area contributed by atoms with E-state index in [0.29, 0.717) is 21.4 Å². The van der Waals surface area contributed by atoms with Crippen molar-refractivity contribution >= 4 is 29.2 Å². The van der Waals surface area contributed by atoms with Crippen LogP contribution in [-0.2, 0) is 4.74 Å². The van der Waals surface area contributed by atoms with Crippen LogP contribution < -0.4 is 0 Å². The van der Waals surface area contributed by atoms with E-state index in [2.05, 4.69) is 14.7 Å². The number of nitrogens with one attached hydrogen (secondary N) is 1. The Bertz CT molecular complexity index is 566. The van der Waals surface area contributed by atoms with E-state index in [-0.39, 0.29) is 5.69 Å². The maximum atomic E-state index is 11.3. The monoisotopic (exact) mass is 270 g/mol. The van der Waals surface area contributed by atoms with Crippen molar-refractivity contribution in [3.8, 4) is 11.4 Å². The molecule has 0 fully saturated rings. The van der Waals surface area contributed by atoms with Gasteiger partial charge in [0.2, 0.25) is 0 Å². The number of benzene rings is 1. The van der Waals surface area contributed by atoms with Gasteiger partial charge >= 0.3 is 5.97 Å². The fraction of sp³-hybridized carbons (Fsp3) is 0.0909. The number of imidazole rings is 1. The number of aromatic nitrogens is 2. The Hall–Kier alpha value is -1.52. The summed E-state index contributed by atoms with van der Waals surface area (Å²) in [6.45, 7) is 0. The van der Waals surface area contributed by atoms with E-state index in [4.69, 9.17) is 23.2 Å². The normalized spacial score (nSPS) is 10.3. The Morgan fingerprint density at radius 2 is 2.18 bits per heavy atom. The number of nitrogens with zero attached hydrogens (tertiary/aromatic N) is 1. The Morgan fingerprint density at radius 3 is 2.88 bits per heavy atom. The third kappa shape index (κ3) is 2.43. The average Bonchev–Trinajstić information content (AvgIpc) is 2.80. The molecule has 1 N–H and O–H groups in total. The summed E-state index contributed by atoms with van der Waals surface area (Å²) in [5, 5.41) is 1.04. The van der Waals surface area contributed by atoms with Gasteiger partial charge in [0.1, 0.15) is 11.5 Å². The molecule has 6 heteroatoms. The van der Waals surface area contributed by atoms with Crippen molar-refractivity contribution in [1.82, 2.24) is 9.97 Å². The Morgan fingerprint density at radius 1 is 1.41 bits per heavy atom. The van der Waals surface area contributed by atoms with Crippen molar-refractivity contribution in [3.05, 3.63) is 40.1 Å².